The second kappa shape index (κ2) is 14.5. The molecule has 0 unspecified atom stereocenters. The fraction of sp³-hybridized carbons (Fsp3) is 0.586. The topological polar surface area (TPSA) is 101 Å². The van der Waals surface area contributed by atoms with E-state index in [1.54, 1.807) is 18.4 Å². The second-order valence-corrected chi connectivity index (χ2v) is 11.5. The van der Waals surface area contributed by atoms with Gasteiger partial charge in [-0.15, -0.1) is 11.3 Å². The van der Waals surface area contributed by atoms with Gasteiger partial charge in [0.05, 0.1) is 21.1 Å². The Kier molecular flexibility index (Phi) is 11.4. The van der Waals surface area contributed by atoms with Gasteiger partial charge in [0.2, 0.25) is 11.8 Å². The van der Waals surface area contributed by atoms with Crippen LogP contribution in [0.2, 0.25) is 0 Å². The van der Waals surface area contributed by atoms with Crippen molar-refractivity contribution in [3.8, 4) is 0 Å². The molecule has 1 saturated heterocycles. The molecule has 2 aromatic rings. The van der Waals surface area contributed by atoms with Crippen molar-refractivity contribution in [2.75, 3.05) is 40.9 Å². The predicted molar refractivity (Wildman–Crippen MR) is 152 cm³/mol. The van der Waals surface area contributed by atoms with Gasteiger partial charge < -0.3 is 20.3 Å². The lowest BCUT2D eigenvalue weighted by molar-refractivity contribution is -0.131. The van der Waals surface area contributed by atoms with E-state index in [2.05, 4.69) is 36.3 Å². The second-order valence-electron chi connectivity index (χ2n) is 10.4. The summed E-state index contributed by atoms with van der Waals surface area (Å²) in [5, 5.41) is 6.73. The van der Waals surface area contributed by atoms with Crippen LogP contribution in [0.15, 0.2) is 30.4 Å². The van der Waals surface area contributed by atoms with Crippen LogP contribution < -0.4 is 10.6 Å². The maximum absolute atomic E-state index is 13.6. The molecule has 0 aliphatic carbocycles. The molecule has 8 nitrogen and oxygen atoms in total. The Hall–Kier alpha value is -2.62. The van der Waals surface area contributed by atoms with Crippen LogP contribution in [0.4, 0.5) is 0 Å². The Balaban J connectivity index is 1.75. The van der Waals surface area contributed by atoms with Gasteiger partial charge in [0.25, 0.3) is 0 Å². The molecule has 2 amide bonds. The Morgan fingerprint density at radius 1 is 1.24 bits per heavy atom. The average molecular weight is 543 g/mol. The monoisotopic (exact) mass is 542 g/mol. The molecule has 1 fully saturated rings. The van der Waals surface area contributed by atoms with Crippen molar-refractivity contribution in [3.05, 3.63) is 40.9 Å². The molecule has 3 rings (SSSR count). The third kappa shape index (κ3) is 8.71. The van der Waals surface area contributed by atoms with Gasteiger partial charge in [-0.1, -0.05) is 19.6 Å². The summed E-state index contributed by atoms with van der Waals surface area (Å²) >= 11 is 1.58. The molecular formula is C29H42N4O4S. The first-order valence-corrected chi connectivity index (χ1v) is 14.3. The van der Waals surface area contributed by atoms with Crippen molar-refractivity contribution >= 4 is 39.2 Å². The molecule has 1 aliphatic heterocycles. The predicted octanol–water partition coefficient (Wildman–Crippen LogP) is 3.53. The summed E-state index contributed by atoms with van der Waals surface area (Å²) in [5.74, 6) is -0.663. The third-order valence-corrected chi connectivity index (χ3v) is 8.19. The van der Waals surface area contributed by atoms with E-state index in [1.807, 2.05) is 25.1 Å². The highest BCUT2D eigenvalue weighted by Crippen LogP contribution is 2.27. The summed E-state index contributed by atoms with van der Waals surface area (Å²) in [6.07, 6.45) is 3.94. The number of nitrogens with zero attached hydrogens (tertiary/aromatic N) is 2. The highest BCUT2D eigenvalue weighted by atomic mass is 32.1. The number of likely N-dealkylation sites (N-methyl/N-ethyl adjacent to an activating group) is 1. The molecule has 0 saturated carbocycles. The van der Waals surface area contributed by atoms with Gasteiger partial charge in [0.1, 0.15) is 0 Å². The van der Waals surface area contributed by atoms with Crippen LogP contribution in [0.3, 0.4) is 0 Å². The number of amides is 2. The SMILES string of the molecule is C=C(CN(C)C)C(=O)CC[C@@H](NC(=O)[C@@H](CC(=O)NC)Cc1nc2ccc(CC)cc2s1)C1CCOCC1. The number of Topliss-reactive ketones (excluding diaryl/α,β-unsaturated/α-hetero) is 1. The lowest BCUT2D eigenvalue weighted by Crippen LogP contribution is -2.46. The van der Waals surface area contributed by atoms with E-state index in [-0.39, 0.29) is 36.0 Å². The fourth-order valence-electron chi connectivity index (χ4n) is 4.90. The standard InChI is InChI=1S/C29H42N4O4S/c1-6-20-7-8-24-26(15-20)38-28(31-24)17-22(16-27(35)30-3)29(36)32-23(21-11-13-37-14-12-21)9-10-25(34)19(2)18-33(4)5/h7-8,15,21-23H,2,6,9-14,16-18H2,1,3-5H3,(H,30,35)(H,32,36)/t22-,23+/m0/s1. The molecule has 0 bridgehead atoms. The van der Waals surface area contributed by atoms with Gasteiger partial charge >= 0.3 is 0 Å². The number of hydrogen-bond acceptors (Lipinski definition) is 7. The van der Waals surface area contributed by atoms with E-state index >= 15 is 0 Å². The average Bonchev–Trinajstić information content (AvgIpc) is 3.31. The van der Waals surface area contributed by atoms with E-state index in [4.69, 9.17) is 9.72 Å². The molecular weight excluding hydrogens is 500 g/mol. The number of carbonyl (C=O) groups is 3. The normalized spacial score (nSPS) is 15.8. The minimum Gasteiger partial charge on any atom is -0.381 e. The van der Waals surface area contributed by atoms with Crippen LogP contribution in [0.1, 0.15) is 49.6 Å². The van der Waals surface area contributed by atoms with Crippen molar-refractivity contribution < 1.29 is 19.1 Å². The highest BCUT2D eigenvalue weighted by Gasteiger charge is 2.30. The molecule has 9 heteroatoms. The maximum atomic E-state index is 13.6. The van der Waals surface area contributed by atoms with Crippen LogP contribution in [0.25, 0.3) is 10.2 Å². The Morgan fingerprint density at radius 2 is 1.97 bits per heavy atom. The number of ketones is 1. The number of nitrogens with one attached hydrogen (secondary N) is 2. The number of hydrogen-bond donors (Lipinski definition) is 2. The van der Waals surface area contributed by atoms with E-state index < -0.39 is 5.92 Å². The van der Waals surface area contributed by atoms with Gasteiger partial charge in [-0.25, -0.2) is 4.98 Å². The summed E-state index contributed by atoms with van der Waals surface area (Å²) in [4.78, 5) is 45.4. The number of aryl methyl sites for hydroxylation is 1. The first-order chi connectivity index (χ1) is 18.2. The first-order valence-electron chi connectivity index (χ1n) is 13.5. The van der Waals surface area contributed by atoms with Gasteiger partial charge in [-0.3, -0.25) is 14.4 Å². The van der Waals surface area contributed by atoms with Gasteiger partial charge in [-0.05, 0) is 63.4 Å². The Bertz CT molecular complexity index is 1120. The molecule has 0 spiro atoms. The van der Waals surface area contributed by atoms with Gasteiger partial charge in [-0.2, -0.15) is 0 Å². The summed E-state index contributed by atoms with van der Waals surface area (Å²) in [5.41, 5.74) is 2.74. The van der Waals surface area contributed by atoms with Crippen LogP contribution in [-0.4, -0.2) is 74.4 Å². The van der Waals surface area contributed by atoms with Crippen molar-refractivity contribution in [1.82, 2.24) is 20.5 Å². The minimum absolute atomic E-state index is 0.0212. The van der Waals surface area contributed by atoms with Crippen molar-refractivity contribution in [3.63, 3.8) is 0 Å². The zero-order valence-corrected chi connectivity index (χ0v) is 24.0. The minimum atomic E-state index is -0.553. The first kappa shape index (κ1) is 29.9. The number of fused-ring (bicyclic) bond motifs is 1. The quantitative estimate of drug-likeness (QED) is 0.354. The van der Waals surface area contributed by atoms with Gasteiger partial charge in [0.15, 0.2) is 5.78 Å². The molecule has 38 heavy (non-hydrogen) atoms. The van der Waals surface area contributed by atoms with Gasteiger partial charge in [0, 0.05) is 57.7 Å². The van der Waals surface area contributed by atoms with Crippen LogP contribution in [-0.2, 0) is 32.0 Å². The smallest absolute Gasteiger partial charge is 0.224 e. The molecule has 1 aromatic heterocycles. The molecule has 1 aliphatic rings. The molecule has 208 valence electrons. The summed E-state index contributed by atoms with van der Waals surface area (Å²) in [7, 11) is 5.40. The van der Waals surface area contributed by atoms with Crippen molar-refractivity contribution in [2.24, 2.45) is 11.8 Å². The number of carbonyl (C=O) groups excluding carboxylic acids is 3. The maximum Gasteiger partial charge on any atom is 0.224 e. The number of aromatic nitrogens is 1. The molecule has 2 atom stereocenters. The van der Waals surface area contributed by atoms with Crippen molar-refractivity contribution in [1.29, 1.82) is 0 Å². The molecule has 1 aromatic carbocycles. The molecule has 0 radical (unpaired) electrons. The highest BCUT2D eigenvalue weighted by molar-refractivity contribution is 7.18. The Morgan fingerprint density at radius 3 is 2.63 bits per heavy atom. The zero-order chi connectivity index (χ0) is 27.7. The van der Waals surface area contributed by atoms with Crippen molar-refractivity contribution in [2.45, 2.75) is 57.9 Å². The third-order valence-electron chi connectivity index (χ3n) is 7.15. The number of benzene rings is 1. The summed E-state index contributed by atoms with van der Waals surface area (Å²) in [6, 6.07) is 6.07. The number of ether oxygens (including phenoxy) is 1. The van der Waals surface area contributed by atoms with Crippen LogP contribution >= 0.6 is 11.3 Å². The van der Waals surface area contributed by atoms with Crippen LogP contribution in [0.5, 0.6) is 0 Å². The van der Waals surface area contributed by atoms with E-state index in [9.17, 15) is 14.4 Å². The summed E-state index contributed by atoms with van der Waals surface area (Å²) in [6.45, 7) is 7.87. The fourth-order valence-corrected chi connectivity index (χ4v) is 6.01. The van der Waals surface area contributed by atoms with E-state index in [0.717, 1.165) is 34.5 Å². The molecule has 2 heterocycles. The number of thiazole rings is 1. The lowest BCUT2D eigenvalue weighted by Gasteiger charge is -2.32. The zero-order valence-electron chi connectivity index (χ0n) is 23.2. The summed E-state index contributed by atoms with van der Waals surface area (Å²) < 4.78 is 6.63. The lowest BCUT2D eigenvalue weighted by atomic mass is 9.87. The largest absolute Gasteiger partial charge is 0.381 e. The molecule has 2 N–H and O–H groups in total. The van der Waals surface area contributed by atoms with E-state index in [0.29, 0.717) is 44.6 Å². The Labute approximate surface area is 230 Å². The van der Waals surface area contributed by atoms with Crippen LogP contribution in [0, 0.1) is 11.8 Å². The number of rotatable bonds is 14. The van der Waals surface area contributed by atoms with E-state index in [1.165, 1.54) is 5.56 Å².